The molecule has 9 heteroatoms. The molecule has 2 rings (SSSR count). The Kier molecular flexibility index (Phi) is 5.87. The highest BCUT2D eigenvalue weighted by atomic mass is 19.4. The molecule has 152 valence electrons. The maximum Gasteiger partial charge on any atom is 0.419 e. The van der Waals surface area contributed by atoms with Crippen molar-refractivity contribution in [3.05, 3.63) is 70.3 Å². The molecule has 2 atom stereocenters. The molecule has 0 aliphatic heterocycles. The van der Waals surface area contributed by atoms with Gasteiger partial charge in [-0.15, -0.1) is 0 Å². The second kappa shape index (κ2) is 7.52. The van der Waals surface area contributed by atoms with E-state index in [9.17, 15) is 39.9 Å². The number of hydrogen-bond acceptors (Lipinski definition) is 1. The van der Waals surface area contributed by atoms with E-state index >= 15 is 0 Å². The second-order valence-electron chi connectivity index (χ2n) is 6.32. The van der Waals surface area contributed by atoms with E-state index in [1.807, 2.05) is 0 Å². The lowest BCUT2D eigenvalue weighted by Crippen LogP contribution is -2.18. The van der Waals surface area contributed by atoms with Crippen LogP contribution in [-0.2, 0) is 17.1 Å². The summed E-state index contributed by atoms with van der Waals surface area (Å²) in [6.45, 7) is 2.64. The van der Waals surface area contributed by atoms with Crippen LogP contribution in [0.5, 0.6) is 0 Å². The molecule has 28 heavy (non-hydrogen) atoms. The molecule has 0 N–H and O–H groups in total. The molecule has 2 aromatic rings. The van der Waals surface area contributed by atoms with Crippen molar-refractivity contribution in [3.63, 3.8) is 0 Å². The minimum atomic E-state index is -4.89. The van der Waals surface area contributed by atoms with E-state index in [2.05, 4.69) is 0 Å². The number of carbonyl (C=O) groups excluding carboxylic acids is 1. The number of alkyl halides is 6. The van der Waals surface area contributed by atoms with Crippen LogP contribution in [0.15, 0.2) is 36.4 Å². The average molecular weight is 410 g/mol. The predicted molar refractivity (Wildman–Crippen MR) is 84.6 cm³/mol. The van der Waals surface area contributed by atoms with Crippen LogP contribution in [0.4, 0.5) is 35.1 Å². The summed E-state index contributed by atoms with van der Waals surface area (Å²) in [7, 11) is 0. The van der Waals surface area contributed by atoms with Crippen molar-refractivity contribution in [2.24, 2.45) is 0 Å². The monoisotopic (exact) mass is 410 g/mol. The van der Waals surface area contributed by atoms with Gasteiger partial charge in [0.25, 0.3) is 0 Å². The smallest absolute Gasteiger partial charge is 0.298 e. The van der Waals surface area contributed by atoms with Gasteiger partial charge < -0.3 is 0 Å². The molecule has 0 radical (unpaired) electrons. The minimum absolute atomic E-state index is 0.0327. The van der Waals surface area contributed by atoms with Crippen LogP contribution in [-0.4, -0.2) is 5.78 Å². The molecule has 2 unspecified atom stereocenters. The Labute approximate surface area is 155 Å². The quantitative estimate of drug-likeness (QED) is 0.528. The molecule has 0 spiro atoms. The van der Waals surface area contributed by atoms with Gasteiger partial charge in [0.1, 0.15) is 17.4 Å². The van der Waals surface area contributed by atoms with Gasteiger partial charge in [0.05, 0.1) is 11.1 Å². The topological polar surface area (TPSA) is 17.1 Å². The van der Waals surface area contributed by atoms with Gasteiger partial charge in [0, 0.05) is 11.8 Å². The van der Waals surface area contributed by atoms with Crippen molar-refractivity contribution in [3.8, 4) is 0 Å². The highest BCUT2D eigenvalue weighted by Gasteiger charge is 2.36. The van der Waals surface area contributed by atoms with E-state index in [-0.39, 0.29) is 11.1 Å². The van der Waals surface area contributed by atoms with Crippen LogP contribution in [0.2, 0.25) is 0 Å². The maximum absolute atomic E-state index is 13.7. The fourth-order valence-electron chi connectivity index (χ4n) is 2.76. The molecular weight excluding hydrogens is 396 g/mol. The van der Waals surface area contributed by atoms with E-state index in [0.717, 1.165) is 12.1 Å². The molecule has 0 aliphatic rings. The molecule has 2 aromatic carbocycles. The fraction of sp³-hybridized carbons (Fsp3) is 0.316. The standard InChI is InChI=1S/C19H14F8O/c1-9(11-3-5-13(15(20)7-11)18(22,23)24)17(28)10(2)12-4-6-14(16(21)8-12)19(25,26)27/h3-10H,1-2H3. The Bertz CT molecular complexity index is 811. The number of halogens is 8. The van der Waals surface area contributed by atoms with E-state index in [1.165, 1.54) is 13.8 Å². The van der Waals surface area contributed by atoms with Crippen LogP contribution in [0.3, 0.4) is 0 Å². The van der Waals surface area contributed by atoms with Crippen molar-refractivity contribution >= 4 is 5.78 Å². The summed E-state index contributed by atoms with van der Waals surface area (Å²) in [6, 6.07) is 4.10. The molecule has 0 heterocycles. The van der Waals surface area contributed by atoms with Crippen LogP contribution in [0.25, 0.3) is 0 Å². The second-order valence-corrected chi connectivity index (χ2v) is 6.32. The molecule has 0 saturated carbocycles. The van der Waals surface area contributed by atoms with Crippen LogP contribution < -0.4 is 0 Å². The summed E-state index contributed by atoms with van der Waals surface area (Å²) in [5.74, 6) is -5.82. The molecule has 0 bridgehead atoms. The average Bonchev–Trinajstić information content (AvgIpc) is 2.57. The number of Topliss-reactive ketones (excluding diaryl/α,β-unsaturated/α-hetero) is 1. The van der Waals surface area contributed by atoms with Gasteiger partial charge >= 0.3 is 12.4 Å². The molecule has 1 nitrogen and oxygen atoms in total. The third-order valence-corrected chi connectivity index (χ3v) is 4.45. The fourth-order valence-corrected chi connectivity index (χ4v) is 2.76. The highest BCUT2D eigenvalue weighted by molar-refractivity contribution is 5.91. The van der Waals surface area contributed by atoms with Crippen LogP contribution in [0, 0.1) is 11.6 Å². The normalized spacial score (nSPS) is 14.6. The third-order valence-electron chi connectivity index (χ3n) is 4.45. The summed E-state index contributed by atoms with van der Waals surface area (Å²) in [6.07, 6.45) is -9.78. The van der Waals surface area contributed by atoms with Gasteiger partial charge in [-0.3, -0.25) is 4.79 Å². The Morgan fingerprint density at radius 1 is 0.714 bits per heavy atom. The lowest BCUT2D eigenvalue weighted by atomic mass is 9.85. The summed E-state index contributed by atoms with van der Waals surface area (Å²) in [5.41, 5.74) is -3.02. The SMILES string of the molecule is CC(C(=O)C(C)c1ccc(C(F)(F)F)c(F)c1)c1ccc(C(F)(F)F)c(F)c1. The van der Waals surface area contributed by atoms with E-state index < -0.39 is 52.7 Å². The van der Waals surface area contributed by atoms with Gasteiger partial charge in [0.15, 0.2) is 0 Å². The minimum Gasteiger partial charge on any atom is -0.298 e. The Morgan fingerprint density at radius 3 is 1.29 bits per heavy atom. The summed E-state index contributed by atoms with van der Waals surface area (Å²) in [5, 5.41) is 0. The zero-order chi connectivity index (χ0) is 21.4. The molecule has 0 amide bonds. The van der Waals surface area contributed by atoms with Crippen molar-refractivity contribution < 1.29 is 39.9 Å². The number of ketones is 1. The summed E-state index contributed by atoms with van der Waals surface area (Å²) >= 11 is 0. The van der Waals surface area contributed by atoms with Crippen LogP contribution in [0.1, 0.15) is 47.9 Å². The van der Waals surface area contributed by atoms with E-state index in [4.69, 9.17) is 0 Å². The van der Waals surface area contributed by atoms with Crippen LogP contribution >= 0.6 is 0 Å². The largest absolute Gasteiger partial charge is 0.419 e. The number of rotatable bonds is 4. The molecular formula is C19H14F8O. The summed E-state index contributed by atoms with van der Waals surface area (Å²) < 4.78 is 103. The van der Waals surface area contributed by atoms with Gasteiger partial charge in [-0.2, -0.15) is 26.3 Å². The first-order valence-electron chi connectivity index (χ1n) is 8.00. The number of benzene rings is 2. The molecule has 0 saturated heterocycles. The zero-order valence-electron chi connectivity index (χ0n) is 14.6. The molecule has 0 fully saturated rings. The van der Waals surface area contributed by atoms with Crippen molar-refractivity contribution in [2.75, 3.05) is 0 Å². The van der Waals surface area contributed by atoms with E-state index in [0.29, 0.717) is 24.3 Å². The van der Waals surface area contributed by atoms with Gasteiger partial charge in [0.2, 0.25) is 0 Å². The van der Waals surface area contributed by atoms with Crippen molar-refractivity contribution in [1.29, 1.82) is 0 Å². The molecule has 0 aliphatic carbocycles. The Balaban J connectivity index is 2.28. The van der Waals surface area contributed by atoms with Gasteiger partial charge in [-0.1, -0.05) is 26.0 Å². The first kappa shape index (κ1) is 21.8. The summed E-state index contributed by atoms with van der Waals surface area (Å²) in [4.78, 5) is 12.5. The highest BCUT2D eigenvalue weighted by Crippen LogP contribution is 2.35. The van der Waals surface area contributed by atoms with Crippen molar-refractivity contribution in [2.45, 2.75) is 38.0 Å². The van der Waals surface area contributed by atoms with Gasteiger partial charge in [-0.05, 0) is 35.4 Å². The zero-order valence-corrected chi connectivity index (χ0v) is 14.6. The van der Waals surface area contributed by atoms with Gasteiger partial charge in [-0.25, -0.2) is 8.78 Å². The Morgan fingerprint density at radius 2 is 1.04 bits per heavy atom. The first-order valence-corrected chi connectivity index (χ1v) is 8.00. The van der Waals surface area contributed by atoms with Crippen molar-refractivity contribution in [1.82, 2.24) is 0 Å². The number of carbonyl (C=O) groups is 1. The lowest BCUT2D eigenvalue weighted by Gasteiger charge is -2.19. The number of hydrogen-bond donors (Lipinski definition) is 0. The Hall–Kier alpha value is -2.45. The lowest BCUT2D eigenvalue weighted by molar-refractivity contribution is -0.140. The third kappa shape index (κ3) is 4.51. The van der Waals surface area contributed by atoms with E-state index in [1.54, 1.807) is 0 Å². The predicted octanol–water partition coefficient (Wildman–Crippen LogP) is 6.48. The molecule has 0 aromatic heterocycles. The first-order chi connectivity index (χ1) is 12.7. The maximum atomic E-state index is 13.7.